The van der Waals surface area contributed by atoms with Gasteiger partial charge in [0.05, 0.1) is 34.6 Å². The quantitative estimate of drug-likeness (QED) is 0.165. The van der Waals surface area contributed by atoms with Crippen LogP contribution in [0.5, 0.6) is 11.5 Å². The number of likely N-dealkylation sites (tertiary alicyclic amines) is 2. The molecule has 0 unspecified atom stereocenters. The SMILES string of the molecule is CC(C)c1cc(C(=O)N2Cc3ccc(CN4CCC(N5CCC(C(=O)N6CCN(Cc7cc8nc(-c9cnc(N)nc9)nc(N9CCOCC9)c8s7)CC6)CC5)CC4)cc3C2)c(O)cc1O. The third-order valence-electron chi connectivity index (χ3n) is 14.3. The number of thiophene rings is 1. The number of amides is 2. The van der Waals surface area contributed by atoms with E-state index in [9.17, 15) is 19.8 Å². The lowest BCUT2D eigenvalue weighted by atomic mass is 9.92. The molecule has 0 radical (unpaired) electrons. The number of anilines is 2. The van der Waals surface area contributed by atoms with Crippen LogP contribution in [0.4, 0.5) is 11.8 Å². The van der Waals surface area contributed by atoms with Crippen molar-refractivity contribution in [2.24, 2.45) is 5.92 Å². The lowest BCUT2D eigenvalue weighted by molar-refractivity contribution is -0.139. The molecule has 4 fully saturated rings. The number of phenols is 2. The molecule has 17 heteroatoms. The largest absolute Gasteiger partial charge is 0.508 e. The van der Waals surface area contributed by atoms with Crippen molar-refractivity contribution in [3.8, 4) is 22.9 Å². The first kappa shape index (κ1) is 44.4. The van der Waals surface area contributed by atoms with Gasteiger partial charge in [0.1, 0.15) is 11.5 Å². The number of hydrogen-bond acceptors (Lipinski definition) is 15. The molecular weight excluding hydrogens is 855 g/mol. The molecule has 16 nitrogen and oxygen atoms in total. The van der Waals surface area contributed by atoms with Gasteiger partial charge in [-0.15, -0.1) is 11.3 Å². The summed E-state index contributed by atoms with van der Waals surface area (Å²) in [6.07, 6.45) is 7.46. The summed E-state index contributed by atoms with van der Waals surface area (Å²) in [5.74, 6) is 1.78. The summed E-state index contributed by atoms with van der Waals surface area (Å²) < 4.78 is 6.72. The average molecular weight is 916 g/mol. The van der Waals surface area contributed by atoms with Gasteiger partial charge >= 0.3 is 0 Å². The van der Waals surface area contributed by atoms with Crippen LogP contribution in [0, 0.1) is 5.92 Å². The van der Waals surface area contributed by atoms with Crippen molar-refractivity contribution in [2.45, 2.75) is 77.7 Å². The first-order valence-corrected chi connectivity index (χ1v) is 24.5. The van der Waals surface area contributed by atoms with Crippen LogP contribution in [0.2, 0.25) is 0 Å². The van der Waals surface area contributed by atoms with Crippen molar-refractivity contribution >= 4 is 45.1 Å². The van der Waals surface area contributed by atoms with Gasteiger partial charge < -0.3 is 40.3 Å². The minimum Gasteiger partial charge on any atom is -0.508 e. The first-order valence-electron chi connectivity index (χ1n) is 23.7. The van der Waals surface area contributed by atoms with Gasteiger partial charge in [0.25, 0.3) is 5.91 Å². The van der Waals surface area contributed by atoms with E-state index >= 15 is 0 Å². The second-order valence-electron chi connectivity index (χ2n) is 19.0. The third kappa shape index (κ3) is 9.41. The Morgan fingerprint density at radius 3 is 2.23 bits per heavy atom. The Labute approximate surface area is 390 Å². The van der Waals surface area contributed by atoms with Crippen molar-refractivity contribution in [1.29, 1.82) is 0 Å². The topological polar surface area (TPSA) is 181 Å². The fraction of sp³-hybridized carbons (Fsp3) is 0.510. The highest BCUT2D eigenvalue weighted by atomic mass is 32.1. The molecule has 4 N–H and O–H groups in total. The number of nitrogen functional groups attached to an aromatic ring is 1. The van der Waals surface area contributed by atoms with Gasteiger partial charge in [-0.1, -0.05) is 32.0 Å². The number of carbonyl (C=O) groups is 2. The Morgan fingerprint density at radius 1 is 0.788 bits per heavy atom. The number of morpholine rings is 1. The smallest absolute Gasteiger partial charge is 0.258 e. The van der Waals surface area contributed by atoms with Crippen LogP contribution in [0.15, 0.2) is 48.8 Å². The molecule has 0 atom stereocenters. The summed E-state index contributed by atoms with van der Waals surface area (Å²) in [5, 5.41) is 20.8. The van der Waals surface area contributed by atoms with Gasteiger partial charge in [0.15, 0.2) is 11.6 Å². The molecule has 5 aliphatic rings. The summed E-state index contributed by atoms with van der Waals surface area (Å²) in [7, 11) is 0. The lowest BCUT2D eigenvalue weighted by Crippen LogP contribution is -2.52. The fourth-order valence-corrected chi connectivity index (χ4v) is 11.7. The molecule has 2 amide bonds. The van der Waals surface area contributed by atoms with Crippen LogP contribution in [-0.2, 0) is 35.7 Å². The third-order valence-corrected chi connectivity index (χ3v) is 15.4. The van der Waals surface area contributed by atoms with E-state index in [1.165, 1.54) is 16.5 Å². The monoisotopic (exact) mass is 915 g/mol. The zero-order valence-electron chi connectivity index (χ0n) is 38.1. The Balaban J connectivity index is 0.672. The standard InChI is InChI=1S/C49H61N11O5S/c1-31(2)39-23-40(43(62)24-42(39)61)48(64)60-28-34-4-3-32(21-35(34)29-60)27-55-9-7-37(8-10-55)57-11-5-33(6-12-57)47(63)59-15-13-56(14-16-59)30-38-22-41-44(66-38)46(58-17-19-65-20-18-58)54-45(53-41)36-25-51-49(50)52-26-36/h3-4,21-26,31,33,37,61-62H,5-20,27-30H2,1-2H3,(H2,50,51,52). The zero-order valence-corrected chi connectivity index (χ0v) is 38.9. The molecule has 5 aliphatic heterocycles. The predicted octanol–water partition coefficient (Wildman–Crippen LogP) is 5.28. The maximum absolute atomic E-state index is 13.8. The van der Waals surface area contributed by atoms with Crippen LogP contribution in [-0.4, -0.2) is 151 Å². The number of nitrogens with zero attached hydrogens (tertiary/aromatic N) is 10. The molecule has 2 aromatic carbocycles. The number of piperidine rings is 2. The van der Waals surface area contributed by atoms with E-state index in [1.54, 1.807) is 34.7 Å². The molecule has 10 rings (SSSR count). The number of piperazine rings is 1. The zero-order chi connectivity index (χ0) is 45.5. The number of aromatic hydroxyl groups is 2. The maximum atomic E-state index is 13.8. The summed E-state index contributed by atoms with van der Waals surface area (Å²) >= 11 is 1.75. The molecule has 4 saturated heterocycles. The van der Waals surface area contributed by atoms with E-state index in [0.29, 0.717) is 49.6 Å². The molecule has 0 spiro atoms. The van der Waals surface area contributed by atoms with Gasteiger partial charge in [-0.3, -0.25) is 19.4 Å². The summed E-state index contributed by atoms with van der Waals surface area (Å²) in [4.78, 5) is 60.7. The molecule has 8 heterocycles. The van der Waals surface area contributed by atoms with Crippen molar-refractivity contribution in [2.75, 3.05) is 89.3 Å². The Bertz CT molecular complexity index is 2560. The minimum atomic E-state index is -0.223. The van der Waals surface area contributed by atoms with Crippen LogP contribution in [0.3, 0.4) is 0 Å². The molecule has 5 aromatic rings. The van der Waals surface area contributed by atoms with Crippen molar-refractivity contribution in [1.82, 2.24) is 44.4 Å². The number of carbonyl (C=O) groups excluding carboxylic acids is 2. The molecule has 0 aliphatic carbocycles. The number of aromatic nitrogens is 4. The molecule has 0 saturated carbocycles. The first-order chi connectivity index (χ1) is 32.0. The van der Waals surface area contributed by atoms with Crippen LogP contribution < -0.4 is 10.6 Å². The fourth-order valence-electron chi connectivity index (χ4n) is 10.5. The van der Waals surface area contributed by atoms with E-state index in [4.69, 9.17) is 20.4 Å². The Morgan fingerprint density at radius 2 is 1.50 bits per heavy atom. The normalized spacial score (nSPS) is 19.6. The Kier molecular flexibility index (Phi) is 12.8. The maximum Gasteiger partial charge on any atom is 0.258 e. The molecule has 0 bridgehead atoms. The summed E-state index contributed by atoms with van der Waals surface area (Å²) in [5.41, 5.74) is 11.8. The molecular formula is C49H61N11O5S. The van der Waals surface area contributed by atoms with E-state index in [2.05, 4.69) is 58.7 Å². The highest BCUT2D eigenvalue weighted by Crippen LogP contribution is 2.37. The van der Waals surface area contributed by atoms with Gasteiger partial charge in [0.2, 0.25) is 11.9 Å². The number of phenolic OH excluding ortho intramolecular Hbond substituents is 2. The number of ether oxygens (including phenoxy) is 1. The number of hydrogen-bond donors (Lipinski definition) is 3. The van der Waals surface area contributed by atoms with Gasteiger partial charge in [-0.05, 0) is 92.2 Å². The number of benzene rings is 2. The lowest BCUT2D eigenvalue weighted by Gasteiger charge is -2.43. The molecule has 66 heavy (non-hydrogen) atoms. The highest BCUT2D eigenvalue weighted by Gasteiger charge is 2.34. The highest BCUT2D eigenvalue weighted by molar-refractivity contribution is 7.19. The van der Waals surface area contributed by atoms with Crippen LogP contribution in [0.25, 0.3) is 21.6 Å². The van der Waals surface area contributed by atoms with E-state index in [0.717, 1.165) is 137 Å². The summed E-state index contributed by atoms with van der Waals surface area (Å²) in [6, 6.07) is 12.2. The van der Waals surface area contributed by atoms with Crippen molar-refractivity contribution in [3.63, 3.8) is 0 Å². The summed E-state index contributed by atoms with van der Waals surface area (Å²) in [6.45, 7) is 16.7. The molecule has 3 aromatic heterocycles. The van der Waals surface area contributed by atoms with Crippen LogP contribution in [0.1, 0.15) is 82.9 Å². The number of fused-ring (bicyclic) bond motifs is 2. The van der Waals surface area contributed by atoms with Crippen molar-refractivity contribution < 1.29 is 24.5 Å². The Hall–Kier alpha value is -5.46. The van der Waals surface area contributed by atoms with E-state index in [1.807, 2.05) is 13.8 Å². The second kappa shape index (κ2) is 19.0. The number of nitrogens with two attached hydrogens (primary N) is 1. The van der Waals surface area contributed by atoms with E-state index in [-0.39, 0.29) is 40.8 Å². The second-order valence-corrected chi connectivity index (χ2v) is 20.1. The minimum absolute atomic E-state index is 0.00937. The van der Waals surface area contributed by atoms with Gasteiger partial charge in [-0.25, -0.2) is 19.9 Å². The van der Waals surface area contributed by atoms with Crippen LogP contribution >= 0.6 is 11.3 Å². The van der Waals surface area contributed by atoms with Crippen molar-refractivity contribution in [3.05, 3.63) is 81.5 Å². The van der Waals surface area contributed by atoms with Gasteiger partial charge in [0, 0.05) is 101 Å². The average Bonchev–Trinajstić information content (AvgIpc) is 3.96. The van der Waals surface area contributed by atoms with Gasteiger partial charge in [-0.2, -0.15) is 0 Å². The predicted molar refractivity (Wildman–Crippen MR) is 254 cm³/mol. The van der Waals surface area contributed by atoms with E-state index < -0.39 is 0 Å². The molecule has 348 valence electrons. The number of rotatable bonds is 10.